The van der Waals surface area contributed by atoms with Gasteiger partial charge >= 0.3 is 0 Å². The molecule has 5 atom stereocenters. The number of ether oxygens (including phenoxy) is 1. The number of halogens is 1. The molecule has 1 amide bonds. The van der Waals surface area contributed by atoms with Crippen LogP contribution in [0.3, 0.4) is 0 Å². The van der Waals surface area contributed by atoms with Crippen LogP contribution in [0.2, 0.25) is 0 Å². The monoisotopic (exact) mass is 592 g/mol. The van der Waals surface area contributed by atoms with E-state index in [1.54, 1.807) is 36.0 Å². The molecule has 220 valence electrons. The summed E-state index contributed by atoms with van der Waals surface area (Å²) in [6.45, 7) is 8.84. The van der Waals surface area contributed by atoms with E-state index in [0.29, 0.717) is 41.7 Å². The average molecular weight is 593 g/mol. The number of rotatable bonds is 8. The summed E-state index contributed by atoms with van der Waals surface area (Å²) in [6, 6.07) is 13.1. The number of nitrogens with zero attached hydrogens (tertiary/aromatic N) is 5. The van der Waals surface area contributed by atoms with Crippen LogP contribution >= 0.6 is 0 Å². The highest BCUT2D eigenvalue weighted by Crippen LogP contribution is 2.48. The first kappa shape index (κ1) is 28.4. The number of piperidine rings is 1. The van der Waals surface area contributed by atoms with E-state index in [4.69, 9.17) is 14.2 Å². The molecule has 2 aliphatic rings. The first-order valence-electron chi connectivity index (χ1n) is 13.8. The maximum Gasteiger partial charge on any atom is 0.272 e. The van der Waals surface area contributed by atoms with Gasteiger partial charge in [-0.05, 0) is 69.7 Å². The van der Waals surface area contributed by atoms with E-state index in [1.807, 2.05) is 44.7 Å². The number of pyridine rings is 1. The molecule has 2 unspecified atom stereocenters. The van der Waals surface area contributed by atoms with Crippen LogP contribution in [0.4, 0.5) is 4.39 Å². The van der Waals surface area contributed by atoms with Gasteiger partial charge in [0.1, 0.15) is 40.0 Å². The SMILES string of the molecule is CC(N[S+]([O-])C(C)(C)C)c1cc(O[C@@H]2[C@@H]3CN(C(=O)c4cc(-c5ccon5)nn4C)C[C@@H]32)nc(-c2ccc(F)cc2)c1. The van der Waals surface area contributed by atoms with E-state index >= 15 is 0 Å². The Bertz CT molecular complexity index is 1570. The Balaban J connectivity index is 1.16. The Hall–Kier alpha value is -3.74. The molecule has 1 saturated carbocycles. The number of nitrogens with one attached hydrogen (secondary N) is 1. The molecule has 10 nitrogen and oxygen atoms in total. The van der Waals surface area contributed by atoms with E-state index in [-0.39, 0.29) is 35.7 Å². The molecular weight excluding hydrogens is 559 g/mol. The second kappa shape index (κ2) is 10.8. The molecule has 6 rings (SSSR count). The molecule has 3 aromatic heterocycles. The van der Waals surface area contributed by atoms with Crippen LogP contribution in [0.25, 0.3) is 22.6 Å². The molecule has 42 heavy (non-hydrogen) atoms. The molecule has 1 saturated heterocycles. The Labute approximate surface area is 246 Å². The van der Waals surface area contributed by atoms with Gasteiger partial charge in [0.2, 0.25) is 5.88 Å². The molecule has 0 radical (unpaired) electrons. The number of carbonyl (C=O) groups excluding carboxylic acids is 1. The van der Waals surface area contributed by atoms with Gasteiger partial charge in [0.25, 0.3) is 5.91 Å². The number of likely N-dealkylation sites (tertiary alicyclic amines) is 1. The Morgan fingerprint density at radius 2 is 1.83 bits per heavy atom. The van der Waals surface area contributed by atoms with Crippen LogP contribution in [0.15, 0.2) is 59.3 Å². The average Bonchev–Trinajstić information content (AvgIpc) is 3.45. The minimum Gasteiger partial charge on any atom is -0.598 e. The standard InChI is InChI=1S/C30H33FN6O4S/c1-17(35-42(39)30(2,3)4)19-12-24(18-6-8-20(31)9-7-18)32-27(13-19)41-28-21-15-37(16-22(21)28)29(38)26-14-25(33-36(26)5)23-10-11-40-34-23/h6-14,17,21-22,28,35H,15-16H2,1-5H3/t17?,21-,22+,28-,42?. The van der Waals surface area contributed by atoms with Crippen molar-refractivity contribution in [3.05, 3.63) is 71.9 Å². The molecule has 4 aromatic rings. The van der Waals surface area contributed by atoms with E-state index in [1.165, 1.54) is 18.4 Å². The van der Waals surface area contributed by atoms with Gasteiger partial charge in [-0.3, -0.25) is 9.48 Å². The fraction of sp³-hybridized carbons (Fsp3) is 0.400. The fourth-order valence-corrected chi connectivity index (χ4v) is 6.07. The van der Waals surface area contributed by atoms with Gasteiger partial charge in [0, 0.05) is 61.0 Å². The minimum absolute atomic E-state index is 0.0675. The third kappa shape index (κ3) is 5.66. The van der Waals surface area contributed by atoms with E-state index < -0.39 is 16.1 Å². The zero-order chi connectivity index (χ0) is 29.8. The summed E-state index contributed by atoms with van der Waals surface area (Å²) < 4.78 is 42.0. The van der Waals surface area contributed by atoms with Crippen molar-refractivity contribution in [3.8, 4) is 28.5 Å². The van der Waals surface area contributed by atoms with E-state index in [9.17, 15) is 13.7 Å². The number of benzene rings is 1. The van der Waals surface area contributed by atoms with Crippen LogP contribution in [0, 0.1) is 17.7 Å². The molecule has 0 spiro atoms. The van der Waals surface area contributed by atoms with E-state index in [2.05, 4.69) is 15.0 Å². The summed E-state index contributed by atoms with van der Waals surface area (Å²) in [4.78, 5) is 19.9. The first-order valence-corrected chi connectivity index (χ1v) is 15.0. The first-order chi connectivity index (χ1) is 20.0. The smallest absolute Gasteiger partial charge is 0.272 e. The predicted octanol–water partition coefficient (Wildman–Crippen LogP) is 4.54. The van der Waals surface area contributed by atoms with Crippen LogP contribution in [0.5, 0.6) is 5.88 Å². The van der Waals surface area contributed by atoms with Crippen molar-refractivity contribution in [2.24, 2.45) is 18.9 Å². The molecule has 1 aromatic carbocycles. The molecule has 1 N–H and O–H groups in total. The highest BCUT2D eigenvalue weighted by Gasteiger charge is 2.59. The fourth-order valence-electron chi connectivity index (χ4n) is 5.26. The normalized spacial score (nSPS) is 21.2. The number of amides is 1. The number of hydrogen-bond donors (Lipinski definition) is 1. The molecular formula is C30H33FN6O4S. The second-order valence-corrected chi connectivity index (χ2v) is 13.9. The number of fused-ring (bicyclic) bond motifs is 1. The third-order valence-electron chi connectivity index (χ3n) is 7.76. The summed E-state index contributed by atoms with van der Waals surface area (Å²) in [5, 5.41) is 8.31. The molecule has 2 fully saturated rings. The van der Waals surface area contributed by atoms with Crippen LogP contribution < -0.4 is 9.46 Å². The quantitative estimate of drug-likeness (QED) is 0.296. The van der Waals surface area contributed by atoms with Gasteiger partial charge in [-0.1, -0.05) is 5.16 Å². The van der Waals surface area contributed by atoms with Gasteiger partial charge in [-0.15, -0.1) is 4.72 Å². The van der Waals surface area contributed by atoms with Crippen molar-refractivity contribution in [2.45, 2.75) is 44.6 Å². The summed E-state index contributed by atoms with van der Waals surface area (Å²) in [7, 11) is 1.74. The zero-order valence-electron chi connectivity index (χ0n) is 24.1. The number of carbonyl (C=O) groups is 1. The van der Waals surface area contributed by atoms with Gasteiger partial charge in [-0.2, -0.15) is 5.10 Å². The van der Waals surface area contributed by atoms with Crippen molar-refractivity contribution in [2.75, 3.05) is 13.1 Å². The van der Waals surface area contributed by atoms with E-state index in [0.717, 1.165) is 11.1 Å². The largest absolute Gasteiger partial charge is 0.598 e. The molecule has 4 heterocycles. The summed E-state index contributed by atoms with van der Waals surface area (Å²) in [5.74, 6) is 0.424. The Morgan fingerprint density at radius 3 is 2.48 bits per heavy atom. The Morgan fingerprint density at radius 1 is 1.12 bits per heavy atom. The highest BCUT2D eigenvalue weighted by molar-refractivity contribution is 7.90. The Kier molecular flexibility index (Phi) is 7.32. The van der Waals surface area contributed by atoms with Gasteiger partial charge in [0.05, 0.1) is 11.7 Å². The molecule has 0 bridgehead atoms. The predicted molar refractivity (Wildman–Crippen MR) is 155 cm³/mol. The maximum atomic E-state index is 13.6. The van der Waals surface area contributed by atoms with Gasteiger partial charge in [0.15, 0.2) is 0 Å². The van der Waals surface area contributed by atoms with Crippen molar-refractivity contribution in [1.29, 1.82) is 0 Å². The van der Waals surface area contributed by atoms with Gasteiger partial charge < -0.3 is 18.7 Å². The number of aromatic nitrogens is 4. The van der Waals surface area contributed by atoms with Crippen LogP contribution in [-0.4, -0.2) is 59.2 Å². The number of hydrogen-bond acceptors (Lipinski definition) is 8. The second-order valence-electron chi connectivity index (χ2n) is 11.9. The lowest BCUT2D eigenvalue weighted by Gasteiger charge is -2.27. The zero-order valence-corrected chi connectivity index (χ0v) is 24.9. The van der Waals surface area contributed by atoms with Crippen molar-refractivity contribution in [1.82, 2.24) is 29.5 Å². The molecule has 1 aliphatic carbocycles. The lowest BCUT2D eigenvalue weighted by molar-refractivity contribution is 0.0740. The summed E-state index contributed by atoms with van der Waals surface area (Å²) >= 11 is -1.28. The van der Waals surface area contributed by atoms with Crippen molar-refractivity contribution < 1.29 is 23.0 Å². The third-order valence-corrected chi connectivity index (χ3v) is 9.44. The minimum atomic E-state index is -1.28. The summed E-state index contributed by atoms with van der Waals surface area (Å²) in [6.07, 6.45) is 1.40. The maximum absolute atomic E-state index is 13.6. The van der Waals surface area contributed by atoms with Crippen LogP contribution in [0.1, 0.15) is 49.8 Å². The van der Waals surface area contributed by atoms with Crippen LogP contribution in [-0.2, 0) is 18.4 Å². The van der Waals surface area contributed by atoms with Crippen molar-refractivity contribution >= 4 is 17.3 Å². The molecule has 1 aliphatic heterocycles. The lowest BCUT2D eigenvalue weighted by atomic mass is 10.1. The highest BCUT2D eigenvalue weighted by atomic mass is 32.2. The topological polar surface area (TPSA) is 121 Å². The summed E-state index contributed by atoms with van der Waals surface area (Å²) in [5.41, 5.74) is 3.89. The number of aryl methyl sites for hydroxylation is 1. The lowest BCUT2D eigenvalue weighted by Crippen LogP contribution is -2.40. The molecule has 12 heteroatoms. The van der Waals surface area contributed by atoms with Gasteiger partial charge in [-0.25, -0.2) is 9.37 Å². The van der Waals surface area contributed by atoms with Crippen molar-refractivity contribution in [3.63, 3.8) is 0 Å².